The predicted octanol–water partition coefficient (Wildman–Crippen LogP) is 2.82. The molecule has 0 atom stereocenters. The third-order valence-corrected chi connectivity index (χ3v) is 2.98. The van der Waals surface area contributed by atoms with Crippen LogP contribution in [0.1, 0.15) is 23.9 Å². The molecule has 1 aromatic heterocycles. The Morgan fingerprint density at radius 2 is 2.05 bits per heavy atom. The topological polar surface area (TPSA) is 53.1 Å². The maximum absolute atomic E-state index is 13.7. The van der Waals surface area contributed by atoms with Crippen LogP contribution >= 0.6 is 0 Å². The molecule has 0 unspecified atom stereocenters. The average Bonchev–Trinajstić information content (AvgIpc) is 2.72. The van der Waals surface area contributed by atoms with Crippen LogP contribution in [0.2, 0.25) is 0 Å². The van der Waals surface area contributed by atoms with Gasteiger partial charge in [0.15, 0.2) is 11.6 Å². The number of benzene rings is 1. The van der Waals surface area contributed by atoms with Gasteiger partial charge in [-0.2, -0.15) is 5.10 Å². The number of aryl methyl sites for hydroxylation is 3. The van der Waals surface area contributed by atoms with Crippen LogP contribution in [0, 0.1) is 19.7 Å². The number of hydrogen-bond acceptors (Lipinski definition) is 3. The molecule has 0 bridgehead atoms. The van der Waals surface area contributed by atoms with E-state index in [-0.39, 0.29) is 12.4 Å². The van der Waals surface area contributed by atoms with Crippen molar-refractivity contribution in [1.29, 1.82) is 0 Å². The highest BCUT2D eigenvalue weighted by atomic mass is 19.1. The molecule has 1 heterocycles. The van der Waals surface area contributed by atoms with Crippen molar-refractivity contribution >= 4 is 5.69 Å². The van der Waals surface area contributed by atoms with Crippen molar-refractivity contribution in [3.8, 4) is 5.75 Å². The molecule has 0 saturated carbocycles. The summed E-state index contributed by atoms with van der Waals surface area (Å²) in [4.78, 5) is 0. The van der Waals surface area contributed by atoms with E-state index in [2.05, 4.69) is 5.10 Å². The molecule has 19 heavy (non-hydrogen) atoms. The Bertz CT molecular complexity index is 593. The summed E-state index contributed by atoms with van der Waals surface area (Å²) in [7, 11) is 0. The summed E-state index contributed by atoms with van der Waals surface area (Å²) in [5.41, 5.74) is 8.72. The van der Waals surface area contributed by atoms with E-state index in [0.717, 1.165) is 23.5 Å². The van der Waals surface area contributed by atoms with E-state index < -0.39 is 5.82 Å². The van der Waals surface area contributed by atoms with Crippen molar-refractivity contribution in [2.75, 3.05) is 5.73 Å². The van der Waals surface area contributed by atoms with Crippen LogP contribution < -0.4 is 10.5 Å². The second kappa shape index (κ2) is 5.30. The molecule has 0 amide bonds. The van der Waals surface area contributed by atoms with Crippen LogP contribution in [-0.2, 0) is 13.2 Å². The van der Waals surface area contributed by atoms with Gasteiger partial charge in [0.2, 0.25) is 0 Å². The second-order valence-electron chi connectivity index (χ2n) is 4.52. The minimum Gasteiger partial charge on any atom is -0.484 e. The normalized spacial score (nSPS) is 10.7. The molecular weight excluding hydrogens is 245 g/mol. The summed E-state index contributed by atoms with van der Waals surface area (Å²) in [6, 6.07) is 4.84. The molecule has 102 valence electrons. The Kier molecular flexibility index (Phi) is 3.74. The van der Waals surface area contributed by atoms with Crippen LogP contribution in [0.5, 0.6) is 5.75 Å². The molecule has 0 saturated heterocycles. The summed E-state index contributed by atoms with van der Waals surface area (Å²) >= 11 is 0. The van der Waals surface area contributed by atoms with E-state index in [1.54, 1.807) is 6.07 Å². The first-order valence-corrected chi connectivity index (χ1v) is 6.23. The Morgan fingerprint density at radius 3 is 2.74 bits per heavy atom. The molecule has 2 aromatic rings. The lowest BCUT2D eigenvalue weighted by Crippen LogP contribution is -2.07. The third kappa shape index (κ3) is 2.86. The summed E-state index contributed by atoms with van der Waals surface area (Å²) in [5.74, 6) is -0.226. The van der Waals surface area contributed by atoms with Gasteiger partial charge in [-0.1, -0.05) is 0 Å². The van der Waals surface area contributed by atoms with Crippen LogP contribution in [0.3, 0.4) is 0 Å². The number of nitrogen functional groups attached to an aromatic ring is 1. The van der Waals surface area contributed by atoms with Gasteiger partial charge in [0.25, 0.3) is 0 Å². The van der Waals surface area contributed by atoms with E-state index in [0.29, 0.717) is 5.69 Å². The molecule has 4 nitrogen and oxygen atoms in total. The van der Waals surface area contributed by atoms with Crippen molar-refractivity contribution in [3.63, 3.8) is 0 Å². The number of anilines is 1. The zero-order chi connectivity index (χ0) is 14.0. The summed E-state index contributed by atoms with van der Waals surface area (Å²) in [5, 5.41) is 4.32. The first kappa shape index (κ1) is 13.4. The van der Waals surface area contributed by atoms with Gasteiger partial charge in [0, 0.05) is 18.3 Å². The van der Waals surface area contributed by atoms with Crippen LogP contribution in [-0.4, -0.2) is 9.78 Å². The fourth-order valence-electron chi connectivity index (χ4n) is 1.92. The lowest BCUT2D eigenvalue weighted by molar-refractivity contribution is 0.278. The Morgan fingerprint density at radius 1 is 1.32 bits per heavy atom. The van der Waals surface area contributed by atoms with E-state index >= 15 is 0 Å². The summed E-state index contributed by atoms with van der Waals surface area (Å²) in [6.45, 7) is 6.79. The lowest BCUT2D eigenvalue weighted by Gasteiger charge is -2.10. The minimum absolute atomic E-state index is 0.216. The zero-order valence-corrected chi connectivity index (χ0v) is 11.4. The number of aromatic nitrogens is 2. The molecule has 0 aliphatic heterocycles. The van der Waals surface area contributed by atoms with Crippen molar-refractivity contribution in [3.05, 3.63) is 41.0 Å². The number of rotatable bonds is 4. The Labute approximate surface area is 112 Å². The van der Waals surface area contributed by atoms with Crippen LogP contribution in [0.4, 0.5) is 10.1 Å². The smallest absolute Gasteiger partial charge is 0.167 e. The predicted molar refractivity (Wildman–Crippen MR) is 72.5 cm³/mol. The van der Waals surface area contributed by atoms with E-state index in [1.165, 1.54) is 6.07 Å². The molecule has 5 heteroatoms. The van der Waals surface area contributed by atoms with Crippen molar-refractivity contribution in [2.24, 2.45) is 0 Å². The van der Waals surface area contributed by atoms with E-state index in [4.69, 9.17) is 10.5 Å². The molecule has 2 rings (SSSR count). The minimum atomic E-state index is -0.442. The number of nitrogens with two attached hydrogens (primary N) is 1. The van der Waals surface area contributed by atoms with Gasteiger partial charge < -0.3 is 10.5 Å². The fourth-order valence-corrected chi connectivity index (χ4v) is 1.92. The number of hydrogen-bond donors (Lipinski definition) is 1. The van der Waals surface area contributed by atoms with Crippen molar-refractivity contribution < 1.29 is 9.13 Å². The van der Waals surface area contributed by atoms with Crippen LogP contribution in [0.15, 0.2) is 18.2 Å². The van der Waals surface area contributed by atoms with Gasteiger partial charge >= 0.3 is 0 Å². The maximum Gasteiger partial charge on any atom is 0.167 e. The van der Waals surface area contributed by atoms with E-state index in [1.807, 2.05) is 31.5 Å². The highest BCUT2D eigenvalue weighted by Crippen LogP contribution is 2.24. The van der Waals surface area contributed by atoms with Gasteiger partial charge in [-0.05, 0) is 38.5 Å². The van der Waals surface area contributed by atoms with Gasteiger partial charge in [0.1, 0.15) is 6.61 Å². The molecule has 0 aliphatic carbocycles. The van der Waals surface area contributed by atoms with Gasteiger partial charge in [-0.25, -0.2) is 4.39 Å². The zero-order valence-electron chi connectivity index (χ0n) is 11.4. The highest BCUT2D eigenvalue weighted by molar-refractivity contribution is 5.50. The number of ether oxygens (including phenoxy) is 1. The largest absolute Gasteiger partial charge is 0.484 e. The van der Waals surface area contributed by atoms with Gasteiger partial charge in [-0.3, -0.25) is 4.68 Å². The standard InChI is InChI=1S/C14H18FN3O/c1-4-18-11(6-10(3)17-18)8-19-14-5-9(2)13(16)7-12(14)15/h5-7H,4,8,16H2,1-3H3. The third-order valence-electron chi connectivity index (χ3n) is 2.98. The van der Waals surface area contributed by atoms with Crippen molar-refractivity contribution in [1.82, 2.24) is 9.78 Å². The molecule has 0 aliphatic rings. The molecule has 0 fully saturated rings. The molecule has 2 N–H and O–H groups in total. The Balaban J connectivity index is 2.16. The first-order valence-electron chi connectivity index (χ1n) is 6.23. The maximum atomic E-state index is 13.7. The number of nitrogens with zero attached hydrogens (tertiary/aromatic N) is 2. The quantitative estimate of drug-likeness (QED) is 0.863. The summed E-state index contributed by atoms with van der Waals surface area (Å²) < 4.78 is 21.1. The SMILES string of the molecule is CCn1nc(C)cc1COc1cc(C)c(N)cc1F. The van der Waals surface area contributed by atoms with Crippen molar-refractivity contribution in [2.45, 2.75) is 33.9 Å². The first-order chi connectivity index (χ1) is 9.01. The van der Waals surface area contributed by atoms with E-state index in [9.17, 15) is 4.39 Å². The second-order valence-corrected chi connectivity index (χ2v) is 4.52. The highest BCUT2D eigenvalue weighted by Gasteiger charge is 2.09. The fraction of sp³-hybridized carbons (Fsp3) is 0.357. The molecular formula is C14H18FN3O. The summed E-state index contributed by atoms with van der Waals surface area (Å²) in [6.07, 6.45) is 0. The average molecular weight is 263 g/mol. The monoisotopic (exact) mass is 263 g/mol. The lowest BCUT2D eigenvalue weighted by atomic mass is 10.2. The molecule has 1 aromatic carbocycles. The molecule has 0 spiro atoms. The van der Waals surface area contributed by atoms with Gasteiger partial charge in [-0.15, -0.1) is 0 Å². The Hall–Kier alpha value is -2.04. The van der Waals surface area contributed by atoms with Gasteiger partial charge in [0.05, 0.1) is 11.4 Å². The number of halogens is 1. The van der Waals surface area contributed by atoms with Crippen LogP contribution in [0.25, 0.3) is 0 Å². The molecule has 0 radical (unpaired) electrons.